The van der Waals surface area contributed by atoms with E-state index in [4.69, 9.17) is 0 Å². The molecule has 0 aliphatic carbocycles. The lowest BCUT2D eigenvalue weighted by molar-refractivity contribution is 1.28. The molecule has 0 aliphatic heterocycles. The van der Waals surface area contributed by atoms with Crippen molar-refractivity contribution in [2.45, 2.75) is 0 Å². The van der Waals surface area contributed by atoms with Crippen molar-refractivity contribution in [3.05, 3.63) is 224 Å². The van der Waals surface area contributed by atoms with E-state index in [1.807, 2.05) is 0 Å². The Balaban J connectivity index is 1.10. The summed E-state index contributed by atoms with van der Waals surface area (Å²) < 4.78 is 0. The fourth-order valence-electron chi connectivity index (χ4n) is 8.20. The molecule has 0 saturated heterocycles. The van der Waals surface area contributed by atoms with Gasteiger partial charge in [-0.25, -0.2) is 0 Å². The highest BCUT2D eigenvalue weighted by molar-refractivity contribution is 6.14. The monoisotopic (exact) mass is 699 g/mol. The lowest BCUT2D eigenvalue weighted by Crippen LogP contribution is -2.10. The zero-order valence-electron chi connectivity index (χ0n) is 30.3. The summed E-state index contributed by atoms with van der Waals surface area (Å²) in [6, 6.07) is 81.4. The van der Waals surface area contributed by atoms with Crippen molar-refractivity contribution in [2.24, 2.45) is 0 Å². The number of nitrogens with zero attached hydrogens (tertiary/aromatic N) is 1. The van der Waals surface area contributed by atoms with Crippen LogP contribution in [0.2, 0.25) is 0 Å². The maximum absolute atomic E-state index is 2.37. The molecular formula is C54H37N. The van der Waals surface area contributed by atoms with Crippen molar-refractivity contribution >= 4 is 49.4 Å². The van der Waals surface area contributed by atoms with Crippen molar-refractivity contribution in [1.29, 1.82) is 0 Å². The molecule has 0 atom stereocenters. The van der Waals surface area contributed by atoms with Gasteiger partial charge in [-0.2, -0.15) is 0 Å². The van der Waals surface area contributed by atoms with Gasteiger partial charge < -0.3 is 4.90 Å². The molecule has 0 amide bonds. The summed E-state index contributed by atoms with van der Waals surface area (Å²) in [4.78, 5) is 2.37. The Morgan fingerprint density at radius 2 is 0.764 bits per heavy atom. The van der Waals surface area contributed by atoms with Gasteiger partial charge in [0.25, 0.3) is 0 Å². The molecule has 10 aromatic rings. The highest BCUT2D eigenvalue weighted by Gasteiger charge is 2.17. The minimum absolute atomic E-state index is 1.10. The molecule has 0 bridgehead atoms. The fourth-order valence-corrected chi connectivity index (χ4v) is 8.20. The van der Waals surface area contributed by atoms with Gasteiger partial charge in [-0.3, -0.25) is 0 Å². The summed E-state index contributed by atoms with van der Waals surface area (Å²) >= 11 is 0. The van der Waals surface area contributed by atoms with Gasteiger partial charge in [-0.1, -0.05) is 182 Å². The first kappa shape index (κ1) is 32.4. The Labute approximate surface area is 322 Å². The third-order valence-electron chi connectivity index (χ3n) is 10.8. The van der Waals surface area contributed by atoms with Crippen LogP contribution in [-0.2, 0) is 0 Å². The average Bonchev–Trinajstić information content (AvgIpc) is 3.27. The molecule has 0 heterocycles. The lowest BCUT2D eigenvalue weighted by Gasteiger charge is -2.27. The lowest BCUT2D eigenvalue weighted by atomic mass is 9.89. The molecule has 0 fully saturated rings. The first-order valence-corrected chi connectivity index (χ1v) is 18.9. The molecule has 0 aliphatic rings. The van der Waals surface area contributed by atoms with Gasteiger partial charge in [0, 0.05) is 17.1 Å². The van der Waals surface area contributed by atoms with Crippen LogP contribution in [-0.4, -0.2) is 0 Å². The maximum Gasteiger partial charge on any atom is 0.0467 e. The SMILES string of the molecule is c1ccc(-c2cccc(N(c3ccc(-c4c(-c5ccccc5)ccc5ccccc45)cc3)c3ccc(-c4cc5ccccc5c5ccccc45)cc3)c2)cc1. The molecule has 1 nitrogen and oxygen atoms in total. The van der Waals surface area contributed by atoms with E-state index >= 15 is 0 Å². The van der Waals surface area contributed by atoms with Gasteiger partial charge in [0.05, 0.1) is 0 Å². The number of hydrogen-bond acceptors (Lipinski definition) is 1. The quantitative estimate of drug-likeness (QED) is 0.150. The highest BCUT2D eigenvalue weighted by atomic mass is 15.1. The molecular weight excluding hydrogens is 663 g/mol. The number of rotatable bonds is 7. The molecule has 0 saturated carbocycles. The van der Waals surface area contributed by atoms with E-state index in [1.54, 1.807) is 0 Å². The maximum atomic E-state index is 2.37. The highest BCUT2D eigenvalue weighted by Crippen LogP contribution is 2.42. The van der Waals surface area contributed by atoms with E-state index in [-0.39, 0.29) is 0 Å². The zero-order valence-corrected chi connectivity index (χ0v) is 30.3. The van der Waals surface area contributed by atoms with Crippen LogP contribution in [0.4, 0.5) is 17.1 Å². The van der Waals surface area contributed by atoms with Gasteiger partial charge in [0.15, 0.2) is 0 Å². The molecule has 10 rings (SSSR count). The second kappa shape index (κ2) is 14.0. The largest absolute Gasteiger partial charge is 0.310 e. The number of benzene rings is 10. The molecule has 0 N–H and O–H groups in total. The molecule has 55 heavy (non-hydrogen) atoms. The molecule has 0 unspecified atom stereocenters. The normalized spacial score (nSPS) is 11.3. The van der Waals surface area contributed by atoms with E-state index in [1.165, 1.54) is 76.8 Å². The summed E-state index contributed by atoms with van der Waals surface area (Å²) in [5, 5.41) is 7.56. The predicted molar refractivity (Wildman–Crippen MR) is 235 cm³/mol. The second-order valence-electron chi connectivity index (χ2n) is 14.1. The van der Waals surface area contributed by atoms with Crippen molar-refractivity contribution in [3.8, 4) is 44.5 Å². The summed E-state index contributed by atoms with van der Waals surface area (Å²) in [5.74, 6) is 0. The number of anilines is 3. The minimum atomic E-state index is 1.10. The number of fused-ring (bicyclic) bond motifs is 4. The van der Waals surface area contributed by atoms with E-state index in [9.17, 15) is 0 Å². The van der Waals surface area contributed by atoms with E-state index < -0.39 is 0 Å². The summed E-state index contributed by atoms with van der Waals surface area (Å²) in [5.41, 5.74) is 13.0. The third kappa shape index (κ3) is 6.02. The van der Waals surface area contributed by atoms with E-state index in [0.717, 1.165) is 17.1 Å². The topological polar surface area (TPSA) is 3.24 Å². The van der Waals surface area contributed by atoms with Crippen molar-refractivity contribution in [1.82, 2.24) is 0 Å². The summed E-state index contributed by atoms with van der Waals surface area (Å²) in [6.45, 7) is 0. The smallest absolute Gasteiger partial charge is 0.0467 e. The zero-order chi connectivity index (χ0) is 36.6. The van der Waals surface area contributed by atoms with Gasteiger partial charge in [-0.15, -0.1) is 0 Å². The molecule has 258 valence electrons. The molecule has 0 spiro atoms. The second-order valence-corrected chi connectivity index (χ2v) is 14.1. The van der Waals surface area contributed by atoms with Crippen LogP contribution in [0.5, 0.6) is 0 Å². The standard InChI is InChI=1S/C54H37N/c1-3-14-38(15-4-1)43-20-13-21-47(36-43)55(45-31-26-41(27-32-45)53-37-44-19-8-9-22-48(44)51-24-11-12-25-52(51)53)46-33-28-42(29-34-46)54-49-23-10-7-18-40(49)30-35-50(54)39-16-5-2-6-17-39/h1-37H. The Morgan fingerprint density at radius 3 is 1.47 bits per heavy atom. The molecule has 0 radical (unpaired) electrons. The molecule has 0 aromatic heterocycles. The third-order valence-corrected chi connectivity index (χ3v) is 10.8. The Morgan fingerprint density at radius 1 is 0.236 bits per heavy atom. The summed E-state index contributed by atoms with van der Waals surface area (Å²) in [6.07, 6.45) is 0. The van der Waals surface area contributed by atoms with Crippen molar-refractivity contribution in [3.63, 3.8) is 0 Å². The van der Waals surface area contributed by atoms with Gasteiger partial charge >= 0.3 is 0 Å². The fraction of sp³-hybridized carbons (Fsp3) is 0. The molecule has 1 heteroatoms. The van der Waals surface area contributed by atoms with Crippen molar-refractivity contribution < 1.29 is 0 Å². The van der Waals surface area contributed by atoms with Crippen LogP contribution in [0.25, 0.3) is 76.8 Å². The van der Waals surface area contributed by atoms with Crippen LogP contribution in [0.1, 0.15) is 0 Å². The first-order valence-electron chi connectivity index (χ1n) is 18.9. The van der Waals surface area contributed by atoms with Crippen LogP contribution in [0.15, 0.2) is 224 Å². The Bertz CT molecular complexity index is 2950. The van der Waals surface area contributed by atoms with E-state index in [0.29, 0.717) is 0 Å². The minimum Gasteiger partial charge on any atom is -0.310 e. The van der Waals surface area contributed by atoms with Gasteiger partial charge in [0.1, 0.15) is 0 Å². The van der Waals surface area contributed by atoms with Gasteiger partial charge in [-0.05, 0) is 119 Å². The molecule has 10 aromatic carbocycles. The van der Waals surface area contributed by atoms with Crippen molar-refractivity contribution in [2.75, 3.05) is 4.90 Å². The average molecular weight is 700 g/mol. The van der Waals surface area contributed by atoms with Crippen LogP contribution in [0.3, 0.4) is 0 Å². The van der Waals surface area contributed by atoms with Crippen LogP contribution in [0, 0.1) is 0 Å². The Kier molecular flexibility index (Phi) is 8.24. The number of hydrogen-bond donors (Lipinski definition) is 0. The first-order chi connectivity index (χ1) is 27.3. The van der Waals surface area contributed by atoms with Crippen LogP contribution >= 0.6 is 0 Å². The Hall–Kier alpha value is -7.22. The predicted octanol–water partition coefficient (Wildman–Crippen LogP) is 15.3. The van der Waals surface area contributed by atoms with Crippen LogP contribution < -0.4 is 4.90 Å². The van der Waals surface area contributed by atoms with E-state index in [2.05, 4.69) is 229 Å². The summed E-state index contributed by atoms with van der Waals surface area (Å²) in [7, 11) is 0. The van der Waals surface area contributed by atoms with Gasteiger partial charge in [0.2, 0.25) is 0 Å².